The van der Waals surface area contributed by atoms with Gasteiger partial charge in [0, 0.05) is 13.7 Å². The zero-order chi connectivity index (χ0) is 15.4. The molecule has 0 saturated heterocycles. The molecule has 1 N–H and O–H groups in total. The highest BCUT2D eigenvalue weighted by atomic mass is 35.5. The molecule has 1 fully saturated rings. The van der Waals surface area contributed by atoms with E-state index in [2.05, 4.69) is 36.3 Å². The first-order valence-electron chi connectivity index (χ1n) is 7.70. The van der Waals surface area contributed by atoms with Crippen molar-refractivity contribution in [2.75, 3.05) is 34.3 Å². The van der Waals surface area contributed by atoms with Crippen LogP contribution in [0, 0.1) is 5.92 Å². The summed E-state index contributed by atoms with van der Waals surface area (Å²) in [5.74, 6) is 0.632. The molecular weight excluding hydrogens is 288 g/mol. The van der Waals surface area contributed by atoms with E-state index in [1.54, 1.807) is 13.3 Å². The third kappa shape index (κ3) is 4.19. The molecule has 21 heavy (non-hydrogen) atoms. The zero-order valence-electron chi connectivity index (χ0n) is 13.5. The number of nitrogens with one attached hydrogen (secondary N) is 1. The summed E-state index contributed by atoms with van der Waals surface area (Å²) in [5.41, 5.74) is 1.05. The molecule has 1 saturated carbocycles. The lowest BCUT2D eigenvalue weighted by Gasteiger charge is -2.28. The fraction of sp³-hybridized carbons (Fsp3) is 0.800. The van der Waals surface area contributed by atoms with Crippen LogP contribution in [-0.4, -0.2) is 55.1 Å². The summed E-state index contributed by atoms with van der Waals surface area (Å²) in [5, 5.41) is 8.72. The van der Waals surface area contributed by atoms with E-state index < -0.39 is 0 Å². The van der Waals surface area contributed by atoms with Gasteiger partial charge in [-0.3, -0.25) is 4.68 Å². The first-order chi connectivity index (χ1) is 10.1. The van der Waals surface area contributed by atoms with Crippen LogP contribution in [-0.2, 0) is 11.3 Å². The number of likely N-dealkylation sites (N-methyl/N-ethyl adjacent to an activating group) is 2. The van der Waals surface area contributed by atoms with Crippen LogP contribution >= 0.6 is 11.6 Å². The van der Waals surface area contributed by atoms with E-state index in [-0.39, 0.29) is 12.1 Å². The van der Waals surface area contributed by atoms with Crippen LogP contribution in [0.1, 0.15) is 31.5 Å². The first kappa shape index (κ1) is 16.7. The number of hydrogen-bond acceptors (Lipinski definition) is 4. The fourth-order valence-electron chi connectivity index (χ4n) is 2.77. The molecule has 0 bridgehead atoms. The average molecular weight is 315 g/mol. The number of rotatable bonds is 9. The summed E-state index contributed by atoms with van der Waals surface area (Å²) in [6, 6.07) is 0.102. The maximum absolute atomic E-state index is 6.42. The SMILES string of the molecule is CCNC(c1c(Cl)cnn1CCN(C)C)C(OC)C1CC1. The average Bonchev–Trinajstić information content (AvgIpc) is 3.20. The highest BCUT2D eigenvalue weighted by molar-refractivity contribution is 6.31. The van der Waals surface area contributed by atoms with Gasteiger partial charge in [0.25, 0.3) is 0 Å². The molecule has 2 unspecified atom stereocenters. The van der Waals surface area contributed by atoms with Crippen molar-refractivity contribution < 1.29 is 4.74 Å². The van der Waals surface area contributed by atoms with Crippen LogP contribution in [0.4, 0.5) is 0 Å². The van der Waals surface area contributed by atoms with Gasteiger partial charge in [0.2, 0.25) is 0 Å². The molecule has 1 aliphatic rings. The first-order valence-corrected chi connectivity index (χ1v) is 8.08. The molecule has 2 atom stereocenters. The quantitative estimate of drug-likeness (QED) is 0.758. The Morgan fingerprint density at radius 2 is 2.24 bits per heavy atom. The van der Waals surface area contributed by atoms with Gasteiger partial charge in [-0.15, -0.1) is 0 Å². The number of methoxy groups -OCH3 is 1. The molecule has 1 aliphatic carbocycles. The van der Waals surface area contributed by atoms with Crippen molar-refractivity contribution in [1.82, 2.24) is 20.0 Å². The lowest BCUT2D eigenvalue weighted by Crippen LogP contribution is -2.37. The van der Waals surface area contributed by atoms with E-state index in [1.165, 1.54) is 12.8 Å². The molecule has 0 spiro atoms. The molecule has 1 aromatic heterocycles. The van der Waals surface area contributed by atoms with Crippen molar-refractivity contribution in [1.29, 1.82) is 0 Å². The number of hydrogen-bond donors (Lipinski definition) is 1. The maximum atomic E-state index is 6.42. The Balaban J connectivity index is 2.23. The monoisotopic (exact) mass is 314 g/mol. The number of aromatic nitrogens is 2. The van der Waals surface area contributed by atoms with Crippen molar-refractivity contribution in [3.8, 4) is 0 Å². The Morgan fingerprint density at radius 1 is 1.52 bits per heavy atom. The van der Waals surface area contributed by atoms with Crippen LogP contribution < -0.4 is 5.32 Å². The molecule has 120 valence electrons. The minimum atomic E-state index is 0.102. The van der Waals surface area contributed by atoms with Crippen molar-refractivity contribution >= 4 is 11.6 Å². The molecule has 0 amide bonds. The summed E-state index contributed by atoms with van der Waals surface area (Å²) in [6.07, 6.45) is 4.39. The van der Waals surface area contributed by atoms with Crippen molar-refractivity contribution in [3.05, 3.63) is 16.9 Å². The van der Waals surface area contributed by atoms with Crippen molar-refractivity contribution in [2.45, 2.75) is 38.5 Å². The number of ether oxygens (including phenoxy) is 1. The van der Waals surface area contributed by atoms with E-state index in [0.717, 1.165) is 30.4 Å². The van der Waals surface area contributed by atoms with Crippen LogP contribution in [0.3, 0.4) is 0 Å². The van der Waals surface area contributed by atoms with Gasteiger partial charge in [0.05, 0.1) is 35.6 Å². The van der Waals surface area contributed by atoms with Gasteiger partial charge < -0.3 is 15.0 Å². The van der Waals surface area contributed by atoms with E-state index in [9.17, 15) is 0 Å². The lowest BCUT2D eigenvalue weighted by molar-refractivity contribution is 0.0483. The van der Waals surface area contributed by atoms with Gasteiger partial charge >= 0.3 is 0 Å². The Morgan fingerprint density at radius 3 is 2.76 bits per heavy atom. The molecular formula is C15H27ClN4O. The smallest absolute Gasteiger partial charge is 0.0835 e. The van der Waals surface area contributed by atoms with E-state index in [1.807, 2.05) is 4.68 Å². The van der Waals surface area contributed by atoms with Gasteiger partial charge in [-0.1, -0.05) is 18.5 Å². The molecule has 5 nitrogen and oxygen atoms in total. The lowest BCUT2D eigenvalue weighted by atomic mass is 10.0. The number of nitrogens with zero attached hydrogens (tertiary/aromatic N) is 3. The second-order valence-electron chi connectivity index (χ2n) is 5.98. The van der Waals surface area contributed by atoms with Gasteiger partial charge in [0.15, 0.2) is 0 Å². The normalized spacial score (nSPS) is 18.2. The second-order valence-corrected chi connectivity index (χ2v) is 6.38. The minimum Gasteiger partial charge on any atom is -0.379 e. The molecule has 0 radical (unpaired) electrons. The standard InChI is InChI=1S/C15H27ClN4O/c1-5-17-13(15(21-4)11-6-7-11)14-12(16)10-18-20(14)9-8-19(2)3/h10-11,13,15,17H,5-9H2,1-4H3. The summed E-state index contributed by atoms with van der Waals surface area (Å²) < 4.78 is 7.79. The van der Waals surface area contributed by atoms with Gasteiger partial charge in [-0.05, 0) is 39.4 Å². The Kier molecular flexibility index (Phi) is 6.05. The number of halogens is 1. The van der Waals surface area contributed by atoms with Crippen LogP contribution in [0.15, 0.2) is 6.20 Å². The van der Waals surface area contributed by atoms with Gasteiger partial charge in [-0.2, -0.15) is 5.10 Å². The van der Waals surface area contributed by atoms with Gasteiger partial charge in [-0.25, -0.2) is 0 Å². The fourth-order valence-corrected chi connectivity index (χ4v) is 3.03. The Hall–Kier alpha value is -0.620. The molecule has 1 heterocycles. The summed E-state index contributed by atoms with van der Waals surface area (Å²) >= 11 is 6.42. The molecule has 2 rings (SSSR count). The molecule has 6 heteroatoms. The van der Waals surface area contributed by atoms with Crippen molar-refractivity contribution in [3.63, 3.8) is 0 Å². The molecule has 0 aromatic carbocycles. The summed E-state index contributed by atoms with van der Waals surface area (Å²) in [6.45, 7) is 4.76. The maximum Gasteiger partial charge on any atom is 0.0835 e. The summed E-state index contributed by atoms with van der Waals surface area (Å²) in [7, 11) is 5.92. The topological polar surface area (TPSA) is 42.3 Å². The molecule has 1 aromatic rings. The van der Waals surface area contributed by atoms with Gasteiger partial charge in [0.1, 0.15) is 0 Å². The minimum absolute atomic E-state index is 0.102. The van der Waals surface area contributed by atoms with E-state index >= 15 is 0 Å². The van der Waals surface area contributed by atoms with Crippen LogP contribution in [0.2, 0.25) is 5.02 Å². The third-order valence-corrected chi connectivity index (χ3v) is 4.29. The van der Waals surface area contributed by atoms with Crippen LogP contribution in [0.5, 0.6) is 0 Å². The highest BCUT2D eigenvalue weighted by Crippen LogP contribution is 2.41. The van der Waals surface area contributed by atoms with E-state index in [4.69, 9.17) is 16.3 Å². The van der Waals surface area contributed by atoms with Crippen LogP contribution in [0.25, 0.3) is 0 Å². The zero-order valence-corrected chi connectivity index (χ0v) is 14.2. The largest absolute Gasteiger partial charge is 0.379 e. The summed E-state index contributed by atoms with van der Waals surface area (Å²) in [4.78, 5) is 2.15. The second kappa shape index (κ2) is 7.58. The highest BCUT2D eigenvalue weighted by Gasteiger charge is 2.39. The molecule has 0 aliphatic heterocycles. The Bertz CT molecular complexity index is 445. The van der Waals surface area contributed by atoms with E-state index in [0.29, 0.717) is 5.92 Å². The third-order valence-electron chi connectivity index (χ3n) is 4.00. The predicted octanol–water partition coefficient (Wildman–Crippen LogP) is 2.17. The Labute approximate surface area is 132 Å². The predicted molar refractivity (Wildman–Crippen MR) is 85.7 cm³/mol. The van der Waals surface area contributed by atoms with Crippen molar-refractivity contribution in [2.24, 2.45) is 5.92 Å².